The fourth-order valence-corrected chi connectivity index (χ4v) is 11.6. The van der Waals surface area contributed by atoms with Crippen molar-refractivity contribution in [2.75, 3.05) is 11.5 Å². The Morgan fingerprint density at radius 1 is 0.455 bits per heavy atom. The first kappa shape index (κ1) is 32.8. The second-order valence-corrected chi connectivity index (χ2v) is 16.8. The number of fused-ring (bicyclic) bond motifs is 3. The molecule has 11 rings (SSSR count). The van der Waals surface area contributed by atoms with Gasteiger partial charge in [-0.25, -0.2) is 0 Å². The minimum atomic E-state index is -0.422. The maximum absolute atomic E-state index is 7.56. The van der Waals surface area contributed by atoms with E-state index < -0.39 is 5.41 Å². The van der Waals surface area contributed by atoms with Crippen molar-refractivity contribution >= 4 is 43.7 Å². The average molecular weight is 713 g/mol. The van der Waals surface area contributed by atoms with E-state index in [1.54, 1.807) is 0 Å². The molecule has 0 radical (unpaired) electrons. The van der Waals surface area contributed by atoms with Crippen LogP contribution in [-0.2, 0) is 5.41 Å². The lowest BCUT2D eigenvalue weighted by atomic mass is 9.67. The highest BCUT2D eigenvalue weighted by Gasteiger charge is 2.45. The normalized spacial score (nSPS) is 17.2. The molecule has 0 aliphatic heterocycles. The molecule has 0 heterocycles. The molecule has 55 heavy (non-hydrogen) atoms. The summed E-state index contributed by atoms with van der Waals surface area (Å²) in [6, 6.07) is 50.3. The van der Waals surface area contributed by atoms with Crippen LogP contribution in [0.4, 0.5) is 11.4 Å². The van der Waals surface area contributed by atoms with Crippen molar-refractivity contribution in [2.45, 2.75) is 81.5 Å². The van der Waals surface area contributed by atoms with E-state index in [1.807, 2.05) is 0 Å². The Morgan fingerprint density at radius 2 is 0.982 bits per heavy atom. The Bertz CT molecular complexity index is 2680. The second-order valence-electron chi connectivity index (χ2n) is 16.8. The summed E-state index contributed by atoms with van der Waals surface area (Å²) in [6.45, 7) is 0. The molecular weight excluding hydrogens is 665 g/mol. The number of hydrogen-bond donors (Lipinski definition) is 2. The predicted molar refractivity (Wildman–Crippen MR) is 233 cm³/mol. The molecule has 0 saturated heterocycles. The molecule has 4 N–H and O–H groups in total. The summed E-state index contributed by atoms with van der Waals surface area (Å²) in [6.07, 6.45) is 12.7. The number of hydrogen-bond acceptors (Lipinski definition) is 2. The van der Waals surface area contributed by atoms with Crippen LogP contribution in [0.5, 0.6) is 0 Å². The average Bonchev–Trinajstić information content (AvgIpc) is 3.56. The third-order valence-corrected chi connectivity index (χ3v) is 14.0. The van der Waals surface area contributed by atoms with Crippen LogP contribution >= 0.6 is 0 Å². The van der Waals surface area contributed by atoms with Crippen LogP contribution in [0.3, 0.4) is 0 Å². The first-order valence-electron chi connectivity index (χ1n) is 20.8. The van der Waals surface area contributed by atoms with E-state index in [1.165, 1.54) is 147 Å². The summed E-state index contributed by atoms with van der Waals surface area (Å²) < 4.78 is 0. The minimum Gasteiger partial charge on any atom is -0.398 e. The zero-order chi connectivity index (χ0) is 36.7. The van der Waals surface area contributed by atoms with Crippen LogP contribution in [0, 0.1) is 0 Å². The SMILES string of the molecule is Nc1cc(C2CCCCC2)c2ccc3c(N)c(-c4ccc(C5(c6ccccc6)c6ccccc6-c6ccccc65)cc4)c(C4CCCCC4)c4ccc1c2c34. The first-order valence-corrected chi connectivity index (χ1v) is 20.8. The highest BCUT2D eigenvalue weighted by Crippen LogP contribution is 2.57. The number of anilines is 2. The van der Waals surface area contributed by atoms with Crippen molar-refractivity contribution in [1.82, 2.24) is 0 Å². The van der Waals surface area contributed by atoms with Crippen molar-refractivity contribution in [3.63, 3.8) is 0 Å². The molecule has 3 aliphatic carbocycles. The molecule has 2 saturated carbocycles. The Labute approximate surface area is 324 Å². The van der Waals surface area contributed by atoms with Crippen molar-refractivity contribution in [3.8, 4) is 22.3 Å². The third kappa shape index (κ3) is 4.73. The smallest absolute Gasteiger partial charge is 0.0713 e. The molecule has 0 unspecified atom stereocenters. The van der Waals surface area contributed by atoms with Crippen LogP contribution < -0.4 is 11.5 Å². The quantitative estimate of drug-likeness (QED) is 0.138. The zero-order valence-corrected chi connectivity index (χ0v) is 31.6. The fraction of sp³-hybridized carbons (Fsp3) is 0.245. The van der Waals surface area contributed by atoms with E-state index in [0.29, 0.717) is 11.8 Å². The van der Waals surface area contributed by atoms with E-state index in [4.69, 9.17) is 11.5 Å². The lowest BCUT2D eigenvalue weighted by molar-refractivity contribution is 0.445. The molecule has 0 aromatic heterocycles. The van der Waals surface area contributed by atoms with Gasteiger partial charge in [0.05, 0.1) is 5.41 Å². The van der Waals surface area contributed by atoms with Gasteiger partial charge in [0.1, 0.15) is 0 Å². The van der Waals surface area contributed by atoms with Gasteiger partial charge < -0.3 is 11.5 Å². The molecule has 0 bridgehead atoms. The number of rotatable bonds is 5. The summed E-state index contributed by atoms with van der Waals surface area (Å²) >= 11 is 0. The Hall–Kier alpha value is -5.60. The summed E-state index contributed by atoms with van der Waals surface area (Å²) in [4.78, 5) is 0. The van der Waals surface area contributed by atoms with Gasteiger partial charge in [-0.05, 0) is 115 Å². The maximum Gasteiger partial charge on any atom is 0.0713 e. The van der Waals surface area contributed by atoms with E-state index in [2.05, 4.69) is 133 Å². The van der Waals surface area contributed by atoms with Gasteiger partial charge in [0.15, 0.2) is 0 Å². The molecule has 2 fully saturated rings. The predicted octanol–water partition coefficient (Wildman–Crippen LogP) is 13.9. The monoisotopic (exact) mass is 712 g/mol. The van der Waals surface area contributed by atoms with Crippen molar-refractivity contribution < 1.29 is 0 Å². The molecular formula is C53H48N2. The van der Waals surface area contributed by atoms with Crippen LogP contribution in [0.25, 0.3) is 54.6 Å². The molecule has 0 spiro atoms. The third-order valence-electron chi connectivity index (χ3n) is 14.0. The molecule has 0 amide bonds. The van der Waals surface area contributed by atoms with Crippen LogP contribution in [0.15, 0.2) is 133 Å². The minimum absolute atomic E-state index is 0.422. The Kier molecular flexibility index (Phi) is 7.60. The second kappa shape index (κ2) is 12.7. The summed E-state index contributed by atoms with van der Waals surface area (Å²) in [5.41, 5.74) is 29.1. The number of benzene rings is 8. The Balaban J connectivity index is 1.15. The first-order chi connectivity index (χ1) is 27.1. The van der Waals surface area contributed by atoms with Crippen molar-refractivity contribution in [2.24, 2.45) is 0 Å². The van der Waals surface area contributed by atoms with Gasteiger partial charge in [-0.2, -0.15) is 0 Å². The lowest BCUT2D eigenvalue weighted by Crippen LogP contribution is -2.28. The van der Waals surface area contributed by atoms with Gasteiger partial charge >= 0.3 is 0 Å². The summed E-state index contributed by atoms with van der Waals surface area (Å²) in [5, 5.41) is 7.72. The van der Waals surface area contributed by atoms with Crippen LogP contribution in [0.1, 0.15) is 109 Å². The van der Waals surface area contributed by atoms with Gasteiger partial charge in [0.2, 0.25) is 0 Å². The lowest BCUT2D eigenvalue weighted by Gasteiger charge is -2.34. The standard InChI is InChI=1S/C53H48N2/c54-47-32-44(33-14-4-1-5-15-33)40-28-31-43-51-42(30-29-41(47)50(40)51)48(34-16-6-2-7-17-34)49(52(43)55)35-24-26-37(27-25-35)53(36-18-8-3-9-19-36)45-22-12-10-20-38(45)39-21-11-13-23-46(39)53/h3,8-13,18-34H,1-2,4-7,14-17,54-55H2. The number of nitrogens with two attached hydrogens (primary N) is 2. The van der Waals surface area contributed by atoms with E-state index in [-0.39, 0.29) is 0 Å². The van der Waals surface area contributed by atoms with E-state index >= 15 is 0 Å². The molecule has 2 heteroatoms. The summed E-state index contributed by atoms with van der Waals surface area (Å²) in [7, 11) is 0. The van der Waals surface area contributed by atoms with Gasteiger partial charge in [-0.1, -0.05) is 166 Å². The molecule has 8 aromatic rings. The summed E-state index contributed by atoms with van der Waals surface area (Å²) in [5.74, 6) is 1.04. The molecule has 270 valence electrons. The topological polar surface area (TPSA) is 52.0 Å². The van der Waals surface area contributed by atoms with Gasteiger partial charge in [-0.3, -0.25) is 0 Å². The zero-order valence-electron chi connectivity index (χ0n) is 31.6. The molecule has 2 nitrogen and oxygen atoms in total. The van der Waals surface area contributed by atoms with E-state index in [9.17, 15) is 0 Å². The largest absolute Gasteiger partial charge is 0.398 e. The van der Waals surface area contributed by atoms with Gasteiger partial charge in [0, 0.05) is 27.7 Å². The fourth-order valence-electron chi connectivity index (χ4n) is 11.6. The highest BCUT2D eigenvalue weighted by atomic mass is 14.6. The molecule has 0 atom stereocenters. The molecule has 8 aromatic carbocycles. The van der Waals surface area contributed by atoms with E-state index in [0.717, 1.165) is 16.8 Å². The Morgan fingerprint density at radius 3 is 1.65 bits per heavy atom. The molecule has 3 aliphatic rings. The van der Waals surface area contributed by atoms with Gasteiger partial charge in [-0.15, -0.1) is 0 Å². The van der Waals surface area contributed by atoms with Gasteiger partial charge in [0.25, 0.3) is 0 Å². The number of nitrogen functional groups attached to an aromatic ring is 2. The maximum atomic E-state index is 7.56. The highest BCUT2D eigenvalue weighted by molar-refractivity contribution is 6.30. The van der Waals surface area contributed by atoms with Crippen molar-refractivity contribution in [3.05, 3.63) is 167 Å². The van der Waals surface area contributed by atoms with Crippen LogP contribution in [-0.4, -0.2) is 0 Å². The van der Waals surface area contributed by atoms with Crippen LogP contribution in [0.2, 0.25) is 0 Å². The van der Waals surface area contributed by atoms with Crippen molar-refractivity contribution in [1.29, 1.82) is 0 Å².